The number of benzene rings is 4. The van der Waals surface area contributed by atoms with E-state index in [1.54, 1.807) is 0 Å². The Morgan fingerprint density at radius 2 is 0.529 bits per heavy atom. The first-order valence-corrected chi connectivity index (χ1v) is 18.5. The van der Waals surface area contributed by atoms with Crippen LogP contribution in [0.5, 0.6) is 23.0 Å². The first-order chi connectivity index (χ1) is 23.1. The van der Waals surface area contributed by atoms with Gasteiger partial charge in [-0.25, -0.2) is 0 Å². The average molecular weight is 693 g/mol. The molecule has 0 bridgehead atoms. The van der Waals surface area contributed by atoms with Crippen molar-refractivity contribution in [1.29, 1.82) is 0 Å². The number of aromatic hydroxyl groups is 4. The molecule has 4 N–H and O–H groups in total. The average Bonchev–Trinajstić information content (AvgIpc) is 2.93. The Morgan fingerprint density at radius 1 is 0.353 bits per heavy atom. The van der Waals surface area contributed by atoms with Crippen molar-refractivity contribution in [2.24, 2.45) is 0 Å². The highest BCUT2D eigenvalue weighted by atomic mass is 16.3. The molecule has 0 atom stereocenters. The van der Waals surface area contributed by atoms with Crippen LogP contribution in [0, 0.1) is 27.7 Å². The van der Waals surface area contributed by atoms with Crippen molar-refractivity contribution in [3.8, 4) is 23.0 Å². The van der Waals surface area contributed by atoms with Crippen molar-refractivity contribution in [2.75, 3.05) is 0 Å². The lowest BCUT2D eigenvalue weighted by atomic mass is 9.71. The van der Waals surface area contributed by atoms with Crippen LogP contribution in [0.1, 0.15) is 168 Å². The van der Waals surface area contributed by atoms with Crippen molar-refractivity contribution >= 4 is 0 Å². The first kappa shape index (κ1) is 39.9. The molecule has 0 aliphatic carbocycles. The number of hydrogen-bond acceptors (Lipinski definition) is 4. The Labute approximate surface area is 308 Å². The van der Waals surface area contributed by atoms with Crippen molar-refractivity contribution in [1.82, 2.24) is 0 Å². The minimum atomic E-state index is -0.290. The molecule has 4 aromatic rings. The van der Waals surface area contributed by atoms with Gasteiger partial charge < -0.3 is 20.4 Å². The number of aryl methyl sites for hydroxylation is 4. The van der Waals surface area contributed by atoms with E-state index < -0.39 is 0 Å². The Balaban J connectivity index is 2.19. The number of hydrogen-bond donors (Lipinski definition) is 4. The molecular formula is C47H64O4. The third kappa shape index (κ3) is 8.27. The highest BCUT2D eigenvalue weighted by Crippen LogP contribution is 2.49. The fourth-order valence-electron chi connectivity index (χ4n) is 7.82. The number of rotatable bonds is 6. The molecule has 0 aliphatic heterocycles. The van der Waals surface area contributed by atoms with Gasteiger partial charge in [0, 0.05) is 11.8 Å². The summed E-state index contributed by atoms with van der Waals surface area (Å²) in [6.07, 6.45) is 0.675. The van der Waals surface area contributed by atoms with Crippen molar-refractivity contribution in [3.63, 3.8) is 0 Å². The van der Waals surface area contributed by atoms with Crippen LogP contribution in [0.4, 0.5) is 0 Å². The fraction of sp³-hybridized carbons (Fsp3) is 0.489. The zero-order valence-corrected chi connectivity index (χ0v) is 34.3. The van der Waals surface area contributed by atoms with Gasteiger partial charge in [-0.2, -0.15) is 0 Å². The summed E-state index contributed by atoms with van der Waals surface area (Å²) in [6.45, 7) is 33.9. The smallest absolute Gasteiger partial charge is 0.119 e. The Kier molecular flexibility index (Phi) is 10.6. The molecular weight excluding hydrogens is 629 g/mol. The Morgan fingerprint density at radius 3 is 0.686 bits per heavy atom. The van der Waals surface area contributed by atoms with E-state index in [1.165, 1.54) is 0 Å². The van der Waals surface area contributed by atoms with Gasteiger partial charge >= 0.3 is 0 Å². The maximum atomic E-state index is 11.2. The lowest BCUT2D eigenvalue weighted by molar-refractivity contribution is 0.444. The summed E-state index contributed by atoms with van der Waals surface area (Å²) in [5.41, 5.74) is 11.0. The third-order valence-electron chi connectivity index (χ3n) is 10.7. The monoisotopic (exact) mass is 692 g/mol. The van der Waals surface area contributed by atoms with Crippen LogP contribution in [0.2, 0.25) is 0 Å². The van der Waals surface area contributed by atoms with Gasteiger partial charge in [0.25, 0.3) is 0 Å². The van der Waals surface area contributed by atoms with Gasteiger partial charge in [0.05, 0.1) is 0 Å². The van der Waals surface area contributed by atoms with Crippen LogP contribution in [-0.2, 0) is 21.7 Å². The summed E-state index contributed by atoms with van der Waals surface area (Å²) in [5.74, 6) is 0.929. The van der Waals surface area contributed by atoms with Gasteiger partial charge in [-0.15, -0.1) is 0 Å². The summed E-state index contributed by atoms with van der Waals surface area (Å²) in [4.78, 5) is 0. The van der Waals surface area contributed by atoms with Gasteiger partial charge in [0.15, 0.2) is 0 Å². The zero-order valence-electron chi connectivity index (χ0n) is 34.3. The zero-order chi connectivity index (χ0) is 38.8. The van der Waals surface area contributed by atoms with E-state index in [1.807, 2.05) is 24.3 Å². The van der Waals surface area contributed by atoms with Crippen molar-refractivity contribution in [2.45, 2.75) is 151 Å². The standard InChI is InChI=1S/C47H64O4/c1-26-17-40(48)36(44(5,6)7)22-30(26)34(31-23-37(45(8,9)10)41(49)18-27(31)2)21-35(32-24-38(46(11,12)13)42(50)19-28(32)3)33-25-39(47(14,15)16)43(51)20-29(33)4/h17-20,22-25,34-35,48-51H,21H2,1-16H3. The summed E-state index contributed by atoms with van der Waals surface area (Å²) < 4.78 is 0. The van der Waals surface area contributed by atoms with Gasteiger partial charge in [-0.3, -0.25) is 0 Å². The van der Waals surface area contributed by atoms with Gasteiger partial charge in [0.1, 0.15) is 23.0 Å². The van der Waals surface area contributed by atoms with Crippen molar-refractivity contribution < 1.29 is 20.4 Å². The second-order valence-corrected chi connectivity index (χ2v) is 19.2. The molecule has 0 fully saturated rings. The van der Waals surface area contributed by atoms with Crippen molar-refractivity contribution in [3.05, 3.63) is 115 Å². The number of phenols is 4. The van der Waals surface area contributed by atoms with Gasteiger partial charge in [0.2, 0.25) is 0 Å². The summed E-state index contributed by atoms with van der Waals surface area (Å²) in [5, 5.41) is 45.0. The van der Waals surface area contributed by atoms with E-state index in [-0.39, 0.29) is 33.5 Å². The van der Waals surface area contributed by atoms with E-state index in [4.69, 9.17) is 0 Å². The van der Waals surface area contributed by atoms with Crippen LogP contribution in [-0.4, -0.2) is 20.4 Å². The van der Waals surface area contributed by atoms with E-state index in [0.717, 1.165) is 66.8 Å². The van der Waals surface area contributed by atoms with E-state index in [9.17, 15) is 20.4 Å². The molecule has 0 radical (unpaired) electrons. The quantitative estimate of drug-likeness (QED) is 0.162. The highest BCUT2D eigenvalue weighted by Gasteiger charge is 2.33. The fourth-order valence-corrected chi connectivity index (χ4v) is 7.82. The van der Waals surface area contributed by atoms with Crippen LogP contribution >= 0.6 is 0 Å². The lowest BCUT2D eigenvalue weighted by Gasteiger charge is -2.33. The van der Waals surface area contributed by atoms with Gasteiger partial charge in [-0.05, 0) is 147 Å². The van der Waals surface area contributed by atoms with Crippen LogP contribution in [0.25, 0.3) is 0 Å². The molecule has 0 aliphatic rings. The highest BCUT2D eigenvalue weighted by molar-refractivity contribution is 5.56. The van der Waals surface area contributed by atoms with E-state index in [2.05, 4.69) is 135 Å². The van der Waals surface area contributed by atoms with Crippen LogP contribution in [0.3, 0.4) is 0 Å². The SMILES string of the molecule is Cc1cc(O)c(C(C)(C)C)cc1C(CC(c1cc(C(C)(C)C)c(O)cc1C)c1cc(C(C)(C)C)c(O)cc1C)c1cc(C(C)(C)C)c(O)cc1C. The minimum absolute atomic E-state index is 0.129. The predicted octanol–water partition coefficient (Wildman–Crippen LogP) is 12.3. The Bertz CT molecular complexity index is 1650. The summed E-state index contributed by atoms with van der Waals surface area (Å²) >= 11 is 0. The largest absolute Gasteiger partial charge is 0.508 e. The first-order valence-electron chi connectivity index (χ1n) is 18.5. The minimum Gasteiger partial charge on any atom is -0.508 e. The molecule has 0 heterocycles. The molecule has 4 nitrogen and oxygen atoms in total. The molecule has 51 heavy (non-hydrogen) atoms. The lowest BCUT2D eigenvalue weighted by Crippen LogP contribution is -2.19. The van der Waals surface area contributed by atoms with Crippen LogP contribution < -0.4 is 0 Å². The molecule has 0 aromatic heterocycles. The Hall–Kier alpha value is -3.92. The molecule has 0 saturated heterocycles. The summed E-state index contributed by atoms with van der Waals surface area (Å²) in [7, 11) is 0. The molecule has 4 aromatic carbocycles. The van der Waals surface area contributed by atoms with Crippen LogP contribution in [0.15, 0.2) is 48.5 Å². The predicted molar refractivity (Wildman–Crippen MR) is 214 cm³/mol. The molecule has 276 valence electrons. The second kappa shape index (κ2) is 13.6. The normalized spacial score (nSPS) is 13.1. The van der Waals surface area contributed by atoms with E-state index in [0.29, 0.717) is 29.4 Å². The molecule has 0 spiro atoms. The van der Waals surface area contributed by atoms with Gasteiger partial charge in [-0.1, -0.05) is 107 Å². The third-order valence-corrected chi connectivity index (χ3v) is 10.7. The molecule has 4 heteroatoms. The maximum absolute atomic E-state index is 11.2. The molecule has 4 rings (SSSR count). The summed E-state index contributed by atoms with van der Waals surface area (Å²) in [6, 6.07) is 16.4. The topological polar surface area (TPSA) is 80.9 Å². The maximum Gasteiger partial charge on any atom is 0.119 e. The molecule has 0 saturated carbocycles. The van der Waals surface area contributed by atoms with E-state index >= 15 is 0 Å². The molecule has 0 amide bonds. The second-order valence-electron chi connectivity index (χ2n) is 19.2. The number of phenolic OH excluding ortho intramolecular Hbond substituents is 4. The molecule has 0 unspecified atom stereocenters.